The number of anilines is 1. The number of aromatic nitrogens is 2. The van der Waals surface area contributed by atoms with Crippen LogP contribution in [0.4, 0.5) is 5.82 Å². The Morgan fingerprint density at radius 1 is 1.53 bits per heavy atom. The molecule has 0 atom stereocenters. The molecular formula is C10H15N5OS. The summed E-state index contributed by atoms with van der Waals surface area (Å²) in [6.07, 6.45) is 1.67. The lowest BCUT2D eigenvalue weighted by Crippen LogP contribution is -2.37. The predicted octanol–water partition coefficient (Wildman–Crippen LogP) is 0.177. The van der Waals surface area contributed by atoms with Crippen LogP contribution >= 0.6 is 12.2 Å². The van der Waals surface area contributed by atoms with Gasteiger partial charge in [-0.25, -0.2) is 0 Å². The molecule has 0 spiro atoms. The van der Waals surface area contributed by atoms with Crippen LogP contribution in [0.1, 0.15) is 25.8 Å². The van der Waals surface area contributed by atoms with Crippen LogP contribution in [0.15, 0.2) is 12.3 Å². The van der Waals surface area contributed by atoms with Crippen molar-refractivity contribution in [2.45, 2.75) is 25.8 Å². The second kappa shape index (κ2) is 5.05. The summed E-state index contributed by atoms with van der Waals surface area (Å²) in [5.74, 6) is 0.0505. The molecule has 0 bridgehead atoms. The molecule has 1 rings (SSSR count). The second-order valence-corrected chi connectivity index (χ2v) is 4.75. The highest BCUT2D eigenvalue weighted by Gasteiger charge is 2.22. The molecule has 1 heterocycles. The molecule has 0 saturated carbocycles. The van der Waals surface area contributed by atoms with E-state index < -0.39 is 11.4 Å². The smallest absolute Gasteiger partial charge is 0.219 e. The standard InChI is InChI=1S/C10H15N5OS/c1-10(2,5-7(11)16)14-9-6(8(12)17)3-4-13-15-9/h3-4H,5H2,1-2H3,(H2,11,16)(H2,12,17)(H,14,15). The number of thiocarbonyl (C=S) groups is 1. The number of carbonyl (C=O) groups is 1. The molecular weight excluding hydrogens is 238 g/mol. The summed E-state index contributed by atoms with van der Waals surface area (Å²) in [6, 6.07) is 1.66. The summed E-state index contributed by atoms with van der Waals surface area (Å²) >= 11 is 4.90. The third kappa shape index (κ3) is 3.95. The molecule has 1 aromatic heterocycles. The fraction of sp³-hybridized carbons (Fsp3) is 0.400. The van der Waals surface area contributed by atoms with Gasteiger partial charge in [-0.2, -0.15) is 5.10 Å². The minimum atomic E-state index is -0.540. The van der Waals surface area contributed by atoms with Gasteiger partial charge in [-0.1, -0.05) is 12.2 Å². The largest absolute Gasteiger partial charge is 0.389 e. The maximum absolute atomic E-state index is 10.9. The maximum atomic E-state index is 10.9. The van der Waals surface area contributed by atoms with Gasteiger partial charge in [-0.15, -0.1) is 5.10 Å². The highest BCUT2D eigenvalue weighted by atomic mass is 32.1. The molecule has 0 aliphatic rings. The van der Waals surface area contributed by atoms with Gasteiger partial charge in [0, 0.05) is 12.0 Å². The normalized spacial score (nSPS) is 10.9. The van der Waals surface area contributed by atoms with Crippen molar-refractivity contribution in [2.75, 3.05) is 5.32 Å². The molecule has 0 aliphatic heterocycles. The zero-order chi connectivity index (χ0) is 13.1. The predicted molar refractivity (Wildman–Crippen MR) is 69.4 cm³/mol. The molecule has 1 aromatic rings. The number of nitrogens with one attached hydrogen (secondary N) is 1. The minimum absolute atomic E-state index is 0.167. The lowest BCUT2D eigenvalue weighted by Gasteiger charge is -2.26. The zero-order valence-corrected chi connectivity index (χ0v) is 10.5. The Balaban J connectivity index is 2.95. The van der Waals surface area contributed by atoms with Gasteiger partial charge in [0.15, 0.2) is 5.82 Å². The van der Waals surface area contributed by atoms with Crippen molar-refractivity contribution in [2.24, 2.45) is 11.5 Å². The van der Waals surface area contributed by atoms with Crippen molar-refractivity contribution in [3.63, 3.8) is 0 Å². The Morgan fingerprint density at radius 2 is 2.18 bits per heavy atom. The van der Waals surface area contributed by atoms with Crippen LogP contribution in [0.25, 0.3) is 0 Å². The molecule has 6 nitrogen and oxygen atoms in total. The second-order valence-electron chi connectivity index (χ2n) is 4.31. The molecule has 0 saturated heterocycles. The first-order valence-electron chi connectivity index (χ1n) is 5.00. The summed E-state index contributed by atoms with van der Waals surface area (Å²) in [5, 5.41) is 10.7. The van der Waals surface area contributed by atoms with Gasteiger partial charge in [-0.3, -0.25) is 4.79 Å². The van der Waals surface area contributed by atoms with Crippen LogP contribution in [-0.4, -0.2) is 26.6 Å². The Morgan fingerprint density at radius 3 is 2.71 bits per heavy atom. The zero-order valence-electron chi connectivity index (χ0n) is 9.73. The van der Waals surface area contributed by atoms with Crippen molar-refractivity contribution in [1.29, 1.82) is 0 Å². The van der Waals surface area contributed by atoms with Crippen molar-refractivity contribution in [1.82, 2.24) is 10.2 Å². The van der Waals surface area contributed by atoms with E-state index in [0.29, 0.717) is 11.4 Å². The lowest BCUT2D eigenvalue weighted by atomic mass is 10.00. The van der Waals surface area contributed by atoms with Crippen LogP contribution in [0.3, 0.4) is 0 Å². The van der Waals surface area contributed by atoms with Crippen molar-refractivity contribution in [3.8, 4) is 0 Å². The van der Waals surface area contributed by atoms with Gasteiger partial charge >= 0.3 is 0 Å². The van der Waals surface area contributed by atoms with E-state index >= 15 is 0 Å². The van der Waals surface area contributed by atoms with Gasteiger partial charge in [0.2, 0.25) is 5.91 Å². The topological polar surface area (TPSA) is 107 Å². The molecule has 0 unspecified atom stereocenters. The van der Waals surface area contributed by atoms with Crippen LogP contribution in [0, 0.1) is 0 Å². The number of rotatable bonds is 5. The van der Waals surface area contributed by atoms with Crippen LogP contribution in [0.2, 0.25) is 0 Å². The van der Waals surface area contributed by atoms with Crippen LogP contribution in [0.5, 0.6) is 0 Å². The number of hydrogen-bond acceptors (Lipinski definition) is 5. The van der Waals surface area contributed by atoms with Crippen molar-refractivity contribution < 1.29 is 4.79 Å². The molecule has 0 fully saturated rings. The first kappa shape index (κ1) is 13.3. The Kier molecular flexibility index (Phi) is 3.95. The van der Waals surface area contributed by atoms with E-state index in [2.05, 4.69) is 15.5 Å². The number of nitrogens with zero attached hydrogens (tertiary/aromatic N) is 2. The van der Waals surface area contributed by atoms with Gasteiger partial charge in [-0.05, 0) is 19.9 Å². The average Bonchev–Trinajstić information content (AvgIpc) is 2.14. The van der Waals surface area contributed by atoms with E-state index in [4.69, 9.17) is 23.7 Å². The van der Waals surface area contributed by atoms with E-state index in [0.717, 1.165) is 0 Å². The van der Waals surface area contributed by atoms with Crippen molar-refractivity contribution >= 4 is 28.9 Å². The van der Waals surface area contributed by atoms with Crippen molar-refractivity contribution in [3.05, 3.63) is 17.8 Å². The quantitative estimate of drug-likeness (QED) is 0.646. The van der Waals surface area contributed by atoms with E-state index in [1.807, 2.05) is 13.8 Å². The highest BCUT2D eigenvalue weighted by molar-refractivity contribution is 7.80. The minimum Gasteiger partial charge on any atom is -0.389 e. The molecule has 1 amide bonds. The molecule has 17 heavy (non-hydrogen) atoms. The molecule has 0 aromatic carbocycles. The first-order valence-corrected chi connectivity index (χ1v) is 5.40. The Hall–Kier alpha value is -1.76. The molecule has 92 valence electrons. The molecule has 0 radical (unpaired) electrons. The number of carbonyl (C=O) groups excluding carboxylic acids is 1. The summed E-state index contributed by atoms with van der Waals surface area (Å²) in [4.78, 5) is 11.1. The molecule has 5 N–H and O–H groups in total. The fourth-order valence-electron chi connectivity index (χ4n) is 1.42. The van der Waals surface area contributed by atoms with Gasteiger partial charge in [0.1, 0.15) is 4.99 Å². The van der Waals surface area contributed by atoms with E-state index in [1.54, 1.807) is 6.07 Å². The highest BCUT2D eigenvalue weighted by Crippen LogP contribution is 2.18. The Labute approximate surface area is 105 Å². The summed E-state index contributed by atoms with van der Waals surface area (Å²) in [6.45, 7) is 3.66. The van der Waals surface area contributed by atoms with E-state index in [9.17, 15) is 4.79 Å². The summed E-state index contributed by atoms with van der Waals surface area (Å²) in [7, 11) is 0. The number of primary amides is 1. The van der Waals surface area contributed by atoms with Crippen LogP contribution < -0.4 is 16.8 Å². The average molecular weight is 253 g/mol. The van der Waals surface area contributed by atoms with Gasteiger partial charge < -0.3 is 16.8 Å². The van der Waals surface area contributed by atoms with Gasteiger partial charge in [0.25, 0.3) is 0 Å². The Bertz CT molecular complexity index is 446. The SMILES string of the molecule is CC(C)(CC(N)=O)Nc1nnccc1C(N)=S. The third-order valence-electron chi connectivity index (χ3n) is 2.06. The maximum Gasteiger partial charge on any atom is 0.219 e. The number of hydrogen-bond donors (Lipinski definition) is 3. The van der Waals surface area contributed by atoms with Gasteiger partial charge in [0.05, 0.1) is 11.8 Å². The summed E-state index contributed by atoms with van der Waals surface area (Å²) in [5.41, 5.74) is 10.8. The third-order valence-corrected chi connectivity index (χ3v) is 2.28. The molecule has 0 aliphatic carbocycles. The number of amides is 1. The van der Waals surface area contributed by atoms with E-state index in [1.165, 1.54) is 6.20 Å². The number of nitrogens with two attached hydrogens (primary N) is 2. The molecule has 7 heteroatoms. The fourth-order valence-corrected chi connectivity index (χ4v) is 1.59. The summed E-state index contributed by atoms with van der Waals surface area (Å²) < 4.78 is 0. The monoisotopic (exact) mass is 253 g/mol. The van der Waals surface area contributed by atoms with E-state index in [-0.39, 0.29) is 11.4 Å². The first-order chi connectivity index (χ1) is 7.82. The van der Waals surface area contributed by atoms with Crippen LogP contribution in [-0.2, 0) is 4.79 Å². The lowest BCUT2D eigenvalue weighted by molar-refractivity contribution is -0.118.